The minimum atomic E-state index is -2.35. The van der Waals surface area contributed by atoms with E-state index in [0.717, 1.165) is 13.0 Å². The first-order valence-electron chi connectivity index (χ1n) is 6.92. The topological polar surface area (TPSA) is 36.4 Å². The van der Waals surface area contributed by atoms with E-state index in [0.29, 0.717) is 17.9 Å². The molecule has 0 unspecified atom stereocenters. The van der Waals surface area contributed by atoms with Crippen molar-refractivity contribution in [1.82, 2.24) is 10.6 Å². The first-order valence-corrected chi connectivity index (χ1v) is 6.92. The summed E-state index contributed by atoms with van der Waals surface area (Å²) in [6, 6.07) is 0. The summed E-state index contributed by atoms with van der Waals surface area (Å²) in [5.74, 6) is 0.512. The molecule has 1 aliphatic rings. The lowest BCUT2D eigenvalue weighted by Gasteiger charge is -2.25. The van der Waals surface area contributed by atoms with Gasteiger partial charge in [0.15, 0.2) is 5.96 Å². The molecule has 0 bridgehead atoms. The summed E-state index contributed by atoms with van der Waals surface area (Å²) in [6.07, 6.45) is 3.72. The molecule has 106 valence electrons. The lowest BCUT2D eigenvalue weighted by molar-refractivity contribution is 0.152. The van der Waals surface area contributed by atoms with Gasteiger partial charge in [-0.2, -0.15) is 0 Å². The smallest absolute Gasteiger partial charge is 0.255 e. The average Bonchev–Trinajstić information content (AvgIpc) is 2.82. The average molecular weight is 261 g/mol. The molecule has 1 rings (SSSR count). The Balaban J connectivity index is 2.52. The molecular formula is C13H25F2N3. The van der Waals surface area contributed by atoms with E-state index < -0.39 is 6.43 Å². The molecule has 0 amide bonds. The Labute approximate surface area is 108 Å². The Morgan fingerprint density at radius 3 is 2.39 bits per heavy atom. The molecule has 0 aromatic carbocycles. The Morgan fingerprint density at radius 1 is 1.22 bits per heavy atom. The minimum absolute atomic E-state index is 0.299. The molecule has 0 heterocycles. The van der Waals surface area contributed by atoms with E-state index in [9.17, 15) is 8.78 Å². The Kier molecular flexibility index (Phi) is 6.36. The molecule has 0 saturated heterocycles. The number of aliphatic imine (C=N–C) groups is 1. The van der Waals surface area contributed by atoms with E-state index in [1.165, 1.54) is 25.7 Å². The molecule has 2 N–H and O–H groups in total. The molecule has 0 aromatic rings. The van der Waals surface area contributed by atoms with Crippen molar-refractivity contribution in [2.75, 3.05) is 19.6 Å². The van der Waals surface area contributed by atoms with Crippen molar-refractivity contribution in [3.63, 3.8) is 0 Å². The summed E-state index contributed by atoms with van der Waals surface area (Å²) in [6.45, 7) is 5.21. The fourth-order valence-electron chi connectivity index (χ4n) is 2.51. The zero-order chi connectivity index (χ0) is 13.4. The fourth-order valence-corrected chi connectivity index (χ4v) is 2.51. The van der Waals surface area contributed by atoms with Crippen LogP contribution in [0, 0.1) is 5.41 Å². The molecule has 18 heavy (non-hydrogen) atoms. The summed E-state index contributed by atoms with van der Waals surface area (Å²) in [4.78, 5) is 4.47. The first kappa shape index (κ1) is 15.2. The molecule has 1 saturated carbocycles. The molecule has 0 aromatic heterocycles. The van der Waals surface area contributed by atoms with E-state index in [1.807, 2.05) is 6.92 Å². The third-order valence-electron chi connectivity index (χ3n) is 3.75. The maximum Gasteiger partial charge on any atom is 0.255 e. The number of hydrogen-bond acceptors (Lipinski definition) is 1. The van der Waals surface area contributed by atoms with Crippen LogP contribution in [0.1, 0.15) is 46.0 Å². The van der Waals surface area contributed by atoms with Gasteiger partial charge in [-0.3, -0.25) is 4.99 Å². The van der Waals surface area contributed by atoms with Crippen LogP contribution in [-0.4, -0.2) is 32.0 Å². The van der Waals surface area contributed by atoms with E-state index in [1.54, 1.807) is 0 Å². The summed E-state index contributed by atoms with van der Waals surface area (Å²) in [5.41, 5.74) is 0.299. The second-order valence-electron chi connectivity index (χ2n) is 5.03. The van der Waals surface area contributed by atoms with Crippen LogP contribution < -0.4 is 10.6 Å². The van der Waals surface area contributed by atoms with Crippen LogP contribution in [0.25, 0.3) is 0 Å². The van der Waals surface area contributed by atoms with Gasteiger partial charge < -0.3 is 10.6 Å². The minimum Gasteiger partial charge on any atom is -0.357 e. The van der Waals surface area contributed by atoms with Crippen molar-refractivity contribution < 1.29 is 8.78 Å². The monoisotopic (exact) mass is 261 g/mol. The number of halogens is 2. The predicted octanol–water partition coefficient (Wildman–Crippen LogP) is 2.78. The number of hydrogen-bond donors (Lipinski definition) is 2. The largest absolute Gasteiger partial charge is 0.357 e. The van der Waals surface area contributed by atoms with Crippen LogP contribution in [-0.2, 0) is 0 Å². The summed E-state index contributed by atoms with van der Waals surface area (Å²) in [7, 11) is 0. The highest BCUT2D eigenvalue weighted by Crippen LogP contribution is 2.41. The normalized spacial score (nSPS) is 19.3. The van der Waals surface area contributed by atoms with Crippen LogP contribution in [0.4, 0.5) is 8.78 Å². The van der Waals surface area contributed by atoms with Crippen molar-refractivity contribution in [2.24, 2.45) is 10.4 Å². The number of nitrogens with zero attached hydrogens (tertiary/aromatic N) is 1. The van der Waals surface area contributed by atoms with E-state index in [-0.39, 0.29) is 6.54 Å². The molecule has 1 fully saturated rings. The zero-order valence-electron chi connectivity index (χ0n) is 11.4. The molecule has 1 aliphatic carbocycles. The number of guanidine groups is 1. The maximum atomic E-state index is 12.2. The second-order valence-corrected chi connectivity index (χ2v) is 5.03. The van der Waals surface area contributed by atoms with Crippen LogP contribution >= 0.6 is 0 Å². The van der Waals surface area contributed by atoms with Crippen molar-refractivity contribution in [3.05, 3.63) is 0 Å². The van der Waals surface area contributed by atoms with Gasteiger partial charge in [-0.15, -0.1) is 0 Å². The highest BCUT2D eigenvalue weighted by atomic mass is 19.3. The fraction of sp³-hybridized carbons (Fsp3) is 0.923. The quantitative estimate of drug-likeness (QED) is 0.570. The van der Waals surface area contributed by atoms with Gasteiger partial charge in [0.1, 0.15) is 0 Å². The van der Waals surface area contributed by atoms with Gasteiger partial charge in [0.05, 0.1) is 6.54 Å². The van der Waals surface area contributed by atoms with Gasteiger partial charge in [0.25, 0.3) is 6.43 Å². The van der Waals surface area contributed by atoms with Crippen molar-refractivity contribution >= 4 is 5.96 Å². The van der Waals surface area contributed by atoms with Gasteiger partial charge in [0.2, 0.25) is 0 Å². The lowest BCUT2D eigenvalue weighted by atomic mass is 9.84. The SMILES string of the molecule is CCNC(=NCC1(CC)CCCC1)NCC(F)F. The second kappa shape index (κ2) is 7.54. The van der Waals surface area contributed by atoms with Crippen molar-refractivity contribution in [1.29, 1.82) is 0 Å². The number of rotatable bonds is 6. The molecule has 0 radical (unpaired) electrons. The summed E-state index contributed by atoms with van der Waals surface area (Å²) < 4.78 is 24.3. The predicted molar refractivity (Wildman–Crippen MR) is 71.2 cm³/mol. The van der Waals surface area contributed by atoms with Crippen LogP contribution in [0.3, 0.4) is 0 Å². The van der Waals surface area contributed by atoms with Gasteiger partial charge in [-0.25, -0.2) is 8.78 Å². The third-order valence-corrected chi connectivity index (χ3v) is 3.75. The molecule has 0 spiro atoms. The van der Waals surface area contributed by atoms with E-state index >= 15 is 0 Å². The van der Waals surface area contributed by atoms with Crippen molar-refractivity contribution in [3.8, 4) is 0 Å². The molecule has 5 heteroatoms. The number of alkyl halides is 2. The van der Waals surface area contributed by atoms with Gasteiger partial charge >= 0.3 is 0 Å². The van der Waals surface area contributed by atoms with E-state index in [4.69, 9.17) is 0 Å². The molecule has 3 nitrogen and oxygen atoms in total. The Hall–Kier alpha value is -0.870. The van der Waals surface area contributed by atoms with Crippen LogP contribution in [0.2, 0.25) is 0 Å². The van der Waals surface area contributed by atoms with Gasteiger partial charge in [-0.1, -0.05) is 19.8 Å². The maximum absolute atomic E-state index is 12.2. The Morgan fingerprint density at radius 2 is 1.89 bits per heavy atom. The number of nitrogens with one attached hydrogen (secondary N) is 2. The summed E-state index contributed by atoms with van der Waals surface area (Å²) in [5, 5.41) is 5.68. The standard InChI is InChI=1S/C13H25F2N3/c1-3-13(7-5-6-8-13)10-18-12(16-4-2)17-9-11(14)15/h11H,3-10H2,1-2H3,(H2,16,17,18). The first-order chi connectivity index (χ1) is 8.62. The zero-order valence-corrected chi connectivity index (χ0v) is 11.4. The highest BCUT2D eigenvalue weighted by Gasteiger charge is 2.31. The van der Waals surface area contributed by atoms with Crippen molar-refractivity contribution in [2.45, 2.75) is 52.4 Å². The third kappa shape index (κ3) is 4.78. The summed E-state index contributed by atoms with van der Waals surface area (Å²) >= 11 is 0. The lowest BCUT2D eigenvalue weighted by Crippen LogP contribution is -2.40. The molecule has 0 aliphatic heterocycles. The highest BCUT2D eigenvalue weighted by molar-refractivity contribution is 5.79. The Bertz CT molecular complexity index is 261. The van der Waals surface area contributed by atoms with Gasteiger partial charge in [-0.05, 0) is 31.6 Å². The van der Waals surface area contributed by atoms with Crippen LogP contribution in [0.5, 0.6) is 0 Å². The van der Waals surface area contributed by atoms with Gasteiger partial charge in [0, 0.05) is 13.1 Å². The van der Waals surface area contributed by atoms with Crippen LogP contribution in [0.15, 0.2) is 4.99 Å². The molecule has 0 atom stereocenters. The molecular weight excluding hydrogens is 236 g/mol. The van der Waals surface area contributed by atoms with E-state index in [2.05, 4.69) is 22.5 Å².